The van der Waals surface area contributed by atoms with Gasteiger partial charge in [-0.3, -0.25) is 19.2 Å². The number of amides is 1. The third-order valence-corrected chi connectivity index (χ3v) is 6.64. The van der Waals surface area contributed by atoms with Crippen molar-refractivity contribution in [1.29, 1.82) is 0 Å². The molecule has 0 spiro atoms. The molecule has 0 aromatic heterocycles. The lowest BCUT2D eigenvalue weighted by molar-refractivity contribution is -0.384. The third kappa shape index (κ3) is 4.46. The van der Waals surface area contributed by atoms with E-state index in [0.29, 0.717) is 5.56 Å². The van der Waals surface area contributed by atoms with E-state index in [2.05, 4.69) is 5.32 Å². The van der Waals surface area contributed by atoms with Crippen LogP contribution in [0.15, 0.2) is 42.5 Å². The molecular weight excluding hydrogens is 406 g/mol. The lowest BCUT2D eigenvalue weighted by Gasteiger charge is -2.32. The second-order valence-corrected chi connectivity index (χ2v) is 9.47. The number of nitro benzene ring substituents is 1. The van der Waals surface area contributed by atoms with Gasteiger partial charge in [0.1, 0.15) is 6.04 Å². The van der Waals surface area contributed by atoms with Crippen LogP contribution in [0.2, 0.25) is 0 Å². The highest BCUT2D eigenvalue weighted by atomic mass is 32.2. The molecule has 0 radical (unpaired) electrons. The largest absolute Gasteiger partial charge is 0.347 e. The summed E-state index contributed by atoms with van der Waals surface area (Å²) in [6, 6.07) is 10.6. The SMILES string of the molecule is Cc1ccc([N+](=O)[O-])cc1N([C@@H](C)C(=O)N[C@H]1CCCc2ccccc21)S(C)(=O)=O. The summed E-state index contributed by atoms with van der Waals surface area (Å²) in [6.07, 6.45) is 3.63. The Morgan fingerprint density at radius 3 is 2.63 bits per heavy atom. The molecule has 30 heavy (non-hydrogen) atoms. The van der Waals surface area contributed by atoms with Gasteiger partial charge >= 0.3 is 0 Å². The molecule has 0 fully saturated rings. The zero-order chi connectivity index (χ0) is 22.1. The maximum atomic E-state index is 13.1. The third-order valence-electron chi connectivity index (χ3n) is 5.42. The first kappa shape index (κ1) is 21.8. The van der Waals surface area contributed by atoms with Crippen molar-refractivity contribution in [2.24, 2.45) is 0 Å². The Morgan fingerprint density at radius 1 is 1.27 bits per heavy atom. The van der Waals surface area contributed by atoms with Gasteiger partial charge in [0, 0.05) is 12.1 Å². The van der Waals surface area contributed by atoms with Gasteiger partial charge in [-0.05, 0) is 49.8 Å². The molecule has 2 atom stereocenters. The van der Waals surface area contributed by atoms with Crippen molar-refractivity contribution in [1.82, 2.24) is 5.32 Å². The number of nitrogens with one attached hydrogen (secondary N) is 1. The highest BCUT2D eigenvalue weighted by molar-refractivity contribution is 7.92. The number of rotatable bonds is 6. The van der Waals surface area contributed by atoms with Crippen LogP contribution in [-0.2, 0) is 21.2 Å². The van der Waals surface area contributed by atoms with E-state index in [-0.39, 0.29) is 17.4 Å². The van der Waals surface area contributed by atoms with E-state index in [9.17, 15) is 23.3 Å². The van der Waals surface area contributed by atoms with Crippen LogP contribution < -0.4 is 9.62 Å². The number of anilines is 1. The Hall–Kier alpha value is -2.94. The monoisotopic (exact) mass is 431 g/mol. The maximum absolute atomic E-state index is 13.1. The summed E-state index contributed by atoms with van der Waals surface area (Å²) in [5, 5.41) is 14.2. The molecular formula is C21H25N3O5S. The smallest absolute Gasteiger partial charge is 0.271 e. The number of sulfonamides is 1. The first-order chi connectivity index (χ1) is 14.1. The van der Waals surface area contributed by atoms with Crippen molar-refractivity contribution in [2.75, 3.05) is 10.6 Å². The summed E-state index contributed by atoms with van der Waals surface area (Å²) in [7, 11) is -3.88. The quantitative estimate of drug-likeness (QED) is 0.558. The van der Waals surface area contributed by atoms with Gasteiger partial charge in [-0.15, -0.1) is 0 Å². The minimum Gasteiger partial charge on any atom is -0.347 e. The standard InChI is InChI=1S/C21H25N3O5S/c1-14-11-12-17(24(26)27)13-20(14)23(30(3,28)29)15(2)21(25)22-19-10-6-8-16-7-4-5-9-18(16)19/h4-5,7,9,11-13,15,19H,6,8,10H2,1-3H3,(H,22,25)/t15-,19-/m0/s1. The highest BCUT2D eigenvalue weighted by Gasteiger charge is 2.33. The number of aryl methyl sites for hydroxylation is 2. The van der Waals surface area contributed by atoms with Crippen LogP contribution in [0.3, 0.4) is 0 Å². The van der Waals surface area contributed by atoms with Crippen LogP contribution in [0.25, 0.3) is 0 Å². The fourth-order valence-corrected chi connectivity index (χ4v) is 5.15. The van der Waals surface area contributed by atoms with Crippen LogP contribution in [-0.4, -0.2) is 31.5 Å². The molecule has 1 amide bonds. The van der Waals surface area contributed by atoms with Gasteiger partial charge in [0.2, 0.25) is 15.9 Å². The fourth-order valence-electron chi connectivity index (χ4n) is 3.93. The summed E-state index contributed by atoms with van der Waals surface area (Å²) in [4.78, 5) is 23.6. The van der Waals surface area contributed by atoms with Crippen molar-refractivity contribution in [3.05, 3.63) is 69.3 Å². The van der Waals surface area contributed by atoms with Gasteiger partial charge in [-0.2, -0.15) is 0 Å². The van der Waals surface area contributed by atoms with Gasteiger partial charge < -0.3 is 5.32 Å². The second kappa shape index (κ2) is 8.43. The first-order valence-corrected chi connectivity index (χ1v) is 11.6. The van der Waals surface area contributed by atoms with E-state index in [4.69, 9.17) is 0 Å². The number of carbonyl (C=O) groups is 1. The predicted molar refractivity (Wildman–Crippen MR) is 115 cm³/mol. The average molecular weight is 432 g/mol. The van der Waals surface area contributed by atoms with E-state index in [1.165, 1.54) is 30.7 Å². The zero-order valence-electron chi connectivity index (χ0n) is 17.2. The Labute approximate surface area is 176 Å². The highest BCUT2D eigenvalue weighted by Crippen LogP contribution is 2.31. The molecule has 1 N–H and O–H groups in total. The summed E-state index contributed by atoms with van der Waals surface area (Å²) in [5.41, 5.74) is 2.63. The van der Waals surface area contributed by atoms with Crippen molar-refractivity contribution >= 4 is 27.3 Å². The lowest BCUT2D eigenvalue weighted by Crippen LogP contribution is -2.49. The molecule has 3 rings (SSSR count). The Bertz CT molecular complexity index is 1080. The van der Waals surface area contributed by atoms with Gasteiger partial charge in [-0.1, -0.05) is 30.3 Å². The fraction of sp³-hybridized carbons (Fsp3) is 0.381. The minimum atomic E-state index is -3.88. The van der Waals surface area contributed by atoms with E-state index in [0.717, 1.165) is 35.4 Å². The average Bonchev–Trinajstić information content (AvgIpc) is 2.68. The topological polar surface area (TPSA) is 110 Å². The van der Waals surface area contributed by atoms with Crippen molar-refractivity contribution < 1.29 is 18.1 Å². The number of fused-ring (bicyclic) bond motifs is 1. The molecule has 0 bridgehead atoms. The molecule has 8 nitrogen and oxygen atoms in total. The number of hydrogen-bond acceptors (Lipinski definition) is 5. The number of benzene rings is 2. The van der Waals surface area contributed by atoms with Crippen LogP contribution in [0.1, 0.15) is 42.5 Å². The molecule has 160 valence electrons. The summed E-state index contributed by atoms with van der Waals surface area (Å²) < 4.78 is 26.1. The van der Waals surface area contributed by atoms with Crippen LogP contribution >= 0.6 is 0 Å². The molecule has 1 aliphatic rings. The van der Waals surface area contributed by atoms with E-state index in [1.807, 2.05) is 24.3 Å². The zero-order valence-corrected chi connectivity index (χ0v) is 18.0. The van der Waals surface area contributed by atoms with E-state index in [1.54, 1.807) is 6.92 Å². The Kier molecular flexibility index (Phi) is 6.12. The number of hydrogen-bond donors (Lipinski definition) is 1. The molecule has 0 saturated carbocycles. The molecule has 0 unspecified atom stereocenters. The molecule has 0 aliphatic heterocycles. The maximum Gasteiger partial charge on any atom is 0.271 e. The second-order valence-electron chi connectivity index (χ2n) is 7.61. The van der Waals surface area contributed by atoms with Gasteiger partial charge in [0.25, 0.3) is 5.69 Å². The molecule has 1 aliphatic carbocycles. The molecule has 0 heterocycles. The number of carbonyl (C=O) groups excluding carboxylic acids is 1. The van der Waals surface area contributed by atoms with Crippen LogP contribution in [0, 0.1) is 17.0 Å². The number of non-ortho nitro benzene ring substituents is 1. The van der Waals surface area contributed by atoms with E-state index >= 15 is 0 Å². The van der Waals surface area contributed by atoms with Crippen molar-refractivity contribution in [3.63, 3.8) is 0 Å². The molecule has 9 heteroatoms. The minimum absolute atomic E-state index is 0.124. The summed E-state index contributed by atoms with van der Waals surface area (Å²) >= 11 is 0. The summed E-state index contributed by atoms with van der Waals surface area (Å²) in [5.74, 6) is -0.451. The molecule has 2 aromatic carbocycles. The van der Waals surface area contributed by atoms with Crippen molar-refractivity contribution in [3.8, 4) is 0 Å². The van der Waals surface area contributed by atoms with Crippen LogP contribution in [0.4, 0.5) is 11.4 Å². The predicted octanol–water partition coefficient (Wildman–Crippen LogP) is 3.25. The molecule has 0 saturated heterocycles. The van der Waals surface area contributed by atoms with Crippen LogP contribution in [0.5, 0.6) is 0 Å². The lowest BCUT2D eigenvalue weighted by atomic mass is 9.87. The Balaban J connectivity index is 1.92. The molecule has 2 aromatic rings. The van der Waals surface area contributed by atoms with Gasteiger partial charge in [-0.25, -0.2) is 8.42 Å². The first-order valence-electron chi connectivity index (χ1n) is 9.72. The Morgan fingerprint density at radius 2 is 1.97 bits per heavy atom. The van der Waals surface area contributed by atoms with E-state index < -0.39 is 26.9 Å². The summed E-state index contributed by atoms with van der Waals surface area (Å²) in [6.45, 7) is 3.14. The normalized spacial score (nSPS) is 17.0. The van der Waals surface area contributed by atoms with Gasteiger partial charge in [0.05, 0.1) is 22.9 Å². The van der Waals surface area contributed by atoms with Gasteiger partial charge in [0.15, 0.2) is 0 Å². The van der Waals surface area contributed by atoms with Crippen molar-refractivity contribution in [2.45, 2.75) is 45.2 Å². The number of nitrogens with zero attached hydrogens (tertiary/aromatic N) is 2. The number of nitro groups is 1.